The maximum atomic E-state index is 10.8. The van der Waals surface area contributed by atoms with E-state index in [-0.39, 0.29) is 0 Å². The molecule has 0 bridgehead atoms. The number of hydrogen-bond donors (Lipinski definition) is 1. The van der Waals surface area contributed by atoms with Crippen LogP contribution >= 0.6 is 0 Å². The van der Waals surface area contributed by atoms with Crippen LogP contribution in [0.2, 0.25) is 0 Å². The number of primary amides is 1. The third-order valence-electron chi connectivity index (χ3n) is 2.88. The molecule has 2 nitrogen and oxygen atoms in total. The number of nitrogens with two attached hydrogens (primary N) is 1. The Morgan fingerprint density at radius 2 is 1.68 bits per heavy atom. The van der Waals surface area contributed by atoms with E-state index in [0.29, 0.717) is 0 Å². The molecule has 0 aliphatic rings. The lowest BCUT2D eigenvalue weighted by Gasteiger charge is -2.06. The molecular weight excluding hydrogens is 234 g/mol. The van der Waals surface area contributed by atoms with Crippen molar-refractivity contribution in [2.75, 3.05) is 0 Å². The van der Waals surface area contributed by atoms with Crippen LogP contribution in [0.4, 0.5) is 0 Å². The molecular formula is C17H17NO. The standard InChI is InChI=1S/C17H17NO/c1-12-8-13(2)10-16(9-12)15-5-3-4-14(11-15)6-7-17(18)19/h3-11H,1-2H3,(H2,18,19)/b7-6-. The molecule has 2 rings (SSSR count). The Balaban J connectivity index is 2.40. The van der Waals surface area contributed by atoms with Crippen molar-refractivity contribution in [3.63, 3.8) is 0 Å². The SMILES string of the molecule is Cc1cc(C)cc(-c2cccc(/C=C\C(N)=O)c2)c1. The van der Waals surface area contributed by atoms with Gasteiger partial charge in [-0.25, -0.2) is 0 Å². The maximum Gasteiger partial charge on any atom is 0.241 e. The summed E-state index contributed by atoms with van der Waals surface area (Å²) in [5.74, 6) is -0.434. The van der Waals surface area contributed by atoms with Gasteiger partial charge in [-0.2, -0.15) is 0 Å². The van der Waals surface area contributed by atoms with Crippen molar-refractivity contribution in [2.45, 2.75) is 13.8 Å². The highest BCUT2D eigenvalue weighted by Gasteiger charge is 2.00. The summed E-state index contributed by atoms with van der Waals surface area (Å²) in [6, 6.07) is 14.5. The molecule has 0 spiro atoms. The maximum absolute atomic E-state index is 10.8. The van der Waals surface area contributed by atoms with E-state index in [4.69, 9.17) is 5.73 Å². The van der Waals surface area contributed by atoms with Crippen molar-refractivity contribution in [1.82, 2.24) is 0 Å². The van der Waals surface area contributed by atoms with Gasteiger partial charge in [-0.05, 0) is 42.7 Å². The Morgan fingerprint density at radius 1 is 1.00 bits per heavy atom. The molecule has 0 aliphatic heterocycles. The largest absolute Gasteiger partial charge is 0.366 e. The minimum atomic E-state index is -0.434. The van der Waals surface area contributed by atoms with Gasteiger partial charge >= 0.3 is 0 Å². The molecule has 96 valence electrons. The number of rotatable bonds is 3. The second-order valence-corrected chi connectivity index (χ2v) is 4.74. The Labute approximate surface area is 113 Å². The zero-order valence-corrected chi connectivity index (χ0v) is 11.2. The monoisotopic (exact) mass is 251 g/mol. The lowest BCUT2D eigenvalue weighted by Crippen LogP contribution is -2.05. The highest BCUT2D eigenvalue weighted by Crippen LogP contribution is 2.23. The van der Waals surface area contributed by atoms with Crippen LogP contribution in [0.3, 0.4) is 0 Å². The summed E-state index contributed by atoms with van der Waals surface area (Å²) >= 11 is 0. The number of aryl methyl sites for hydroxylation is 2. The van der Waals surface area contributed by atoms with Crippen LogP contribution in [0.5, 0.6) is 0 Å². The van der Waals surface area contributed by atoms with Gasteiger partial charge in [0.05, 0.1) is 0 Å². The van der Waals surface area contributed by atoms with Crippen molar-refractivity contribution >= 4 is 12.0 Å². The van der Waals surface area contributed by atoms with Crippen LogP contribution in [-0.4, -0.2) is 5.91 Å². The molecule has 0 fully saturated rings. The van der Waals surface area contributed by atoms with Crippen molar-refractivity contribution < 1.29 is 4.79 Å². The third-order valence-corrected chi connectivity index (χ3v) is 2.88. The fourth-order valence-electron chi connectivity index (χ4n) is 2.14. The summed E-state index contributed by atoms with van der Waals surface area (Å²) in [6.07, 6.45) is 3.11. The van der Waals surface area contributed by atoms with Crippen molar-refractivity contribution in [2.24, 2.45) is 5.73 Å². The van der Waals surface area contributed by atoms with E-state index in [0.717, 1.165) is 11.1 Å². The molecule has 2 aromatic carbocycles. The number of amides is 1. The van der Waals surface area contributed by atoms with E-state index in [1.54, 1.807) is 6.08 Å². The molecule has 0 unspecified atom stereocenters. The highest BCUT2D eigenvalue weighted by atomic mass is 16.1. The zero-order valence-electron chi connectivity index (χ0n) is 11.2. The van der Waals surface area contributed by atoms with Gasteiger partial charge in [-0.1, -0.05) is 47.5 Å². The summed E-state index contributed by atoms with van der Waals surface area (Å²) in [7, 11) is 0. The summed E-state index contributed by atoms with van der Waals surface area (Å²) < 4.78 is 0. The van der Waals surface area contributed by atoms with Crippen LogP contribution in [0.15, 0.2) is 48.5 Å². The minimum absolute atomic E-state index is 0.434. The molecule has 0 radical (unpaired) electrons. The topological polar surface area (TPSA) is 43.1 Å². The second kappa shape index (κ2) is 5.53. The Kier molecular flexibility index (Phi) is 3.81. The summed E-state index contributed by atoms with van der Waals surface area (Å²) in [5.41, 5.74) is 10.9. The van der Waals surface area contributed by atoms with Crippen LogP contribution in [-0.2, 0) is 4.79 Å². The van der Waals surface area contributed by atoms with Crippen LogP contribution in [0, 0.1) is 13.8 Å². The number of carbonyl (C=O) groups excluding carboxylic acids is 1. The first-order valence-electron chi connectivity index (χ1n) is 6.21. The summed E-state index contributed by atoms with van der Waals surface area (Å²) in [4.78, 5) is 10.8. The molecule has 2 N–H and O–H groups in total. The first kappa shape index (κ1) is 13.1. The van der Waals surface area contributed by atoms with E-state index in [1.807, 2.05) is 18.2 Å². The second-order valence-electron chi connectivity index (χ2n) is 4.74. The first-order chi connectivity index (χ1) is 9.04. The molecule has 1 amide bonds. The van der Waals surface area contributed by atoms with Gasteiger partial charge in [0.2, 0.25) is 5.91 Å². The van der Waals surface area contributed by atoms with Gasteiger partial charge < -0.3 is 5.73 Å². The lowest BCUT2D eigenvalue weighted by molar-refractivity contribution is -0.113. The predicted octanol–water partition coefficient (Wildman–Crippen LogP) is 3.47. The third kappa shape index (κ3) is 3.55. The normalized spacial score (nSPS) is 10.8. The first-order valence-corrected chi connectivity index (χ1v) is 6.21. The van der Waals surface area contributed by atoms with Gasteiger partial charge in [0.1, 0.15) is 0 Å². The fourth-order valence-corrected chi connectivity index (χ4v) is 2.14. The van der Waals surface area contributed by atoms with Gasteiger partial charge in [-0.15, -0.1) is 0 Å². The molecule has 2 aromatic rings. The number of benzene rings is 2. The van der Waals surface area contributed by atoms with Gasteiger partial charge in [0, 0.05) is 6.08 Å². The van der Waals surface area contributed by atoms with E-state index >= 15 is 0 Å². The Morgan fingerprint density at radius 3 is 2.32 bits per heavy atom. The van der Waals surface area contributed by atoms with E-state index in [9.17, 15) is 4.79 Å². The molecule has 0 aromatic heterocycles. The van der Waals surface area contributed by atoms with E-state index < -0.39 is 5.91 Å². The van der Waals surface area contributed by atoms with Crippen LogP contribution in [0.1, 0.15) is 16.7 Å². The molecule has 2 heteroatoms. The number of carbonyl (C=O) groups is 1. The molecule has 0 saturated heterocycles. The minimum Gasteiger partial charge on any atom is -0.366 e. The average molecular weight is 251 g/mol. The lowest BCUT2D eigenvalue weighted by atomic mass is 9.99. The van der Waals surface area contributed by atoms with Gasteiger partial charge in [0.15, 0.2) is 0 Å². The van der Waals surface area contributed by atoms with Crippen LogP contribution in [0.25, 0.3) is 17.2 Å². The smallest absolute Gasteiger partial charge is 0.241 e. The zero-order chi connectivity index (χ0) is 13.8. The fraction of sp³-hybridized carbons (Fsp3) is 0.118. The molecule has 0 aliphatic carbocycles. The molecule has 0 heterocycles. The molecule has 19 heavy (non-hydrogen) atoms. The molecule has 0 saturated carbocycles. The van der Waals surface area contributed by atoms with Crippen molar-refractivity contribution in [1.29, 1.82) is 0 Å². The van der Waals surface area contributed by atoms with E-state index in [2.05, 4.69) is 38.1 Å². The van der Waals surface area contributed by atoms with E-state index in [1.165, 1.54) is 22.8 Å². The average Bonchev–Trinajstić information content (AvgIpc) is 2.35. The van der Waals surface area contributed by atoms with Gasteiger partial charge in [0.25, 0.3) is 0 Å². The predicted molar refractivity (Wildman–Crippen MR) is 79.6 cm³/mol. The van der Waals surface area contributed by atoms with Crippen molar-refractivity contribution in [3.8, 4) is 11.1 Å². The van der Waals surface area contributed by atoms with Crippen molar-refractivity contribution in [3.05, 3.63) is 65.2 Å². The quantitative estimate of drug-likeness (QED) is 0.834. The van der Waals surface area contributed by atoms with Gasteiger partial charge in [-0.3, -0.25) is 4.79 Å². The van der Waals surface area contributed by atoms with Crippen LogP contribution < -0.4 is 5.73 Å². The number of hydrogen-bond acceptors (Lipinski definition) is 1. The summed E-state index contributed by atoms with van der Waals surface area (Å²) in [5, 5.41) is 0. The molecule has 0 atom stereocenters. The highest BCUT2D eigenvalue weighted by molar-refractivity contribution is 5.90. The Bertz CT molecular complexity index is 621. The summed E-state index contributed by atoms with van der Waals surface area (Å²) in [6.45, 7) is 4.18. The Hall–Kier alpha value is -2.35.